The maximum Gasteiger partial charge on any atom is 0.122 e. The van der Waals surface area contributed by atoms with Crippen LogP contribution in [0, 0.1) is 25.7 Å². The predicted octanol–water partition coefficient (Wildman–Crippen LogP) is 8.59. The number of aryl methyl sites for hydroxylation is 2. The number of rotatable bonds is 6. The lowest BCUT2D eigenvalue weighted by atomic mass is 9.90. The van der Waals surface area contributed by atoms with Crippen LogP contribution in [0.4, 0.5) is 0 Å². The lowest BCUT2D eigenvalue weighted by Crippen LogP contribution is -2.15. The summed E-state index contributed by atoms with van der Waals surface area (Å²) in [7, 11) is 0. The minimum Gasteiger partial charge on any atom is -0.493 e. The predicted molar refractivity (Wildman–Crippen MR) is 133 cm³/mol. The third-order valence-corrected chi connectivity index (χ3v) is 8.58. The van der Waals surface area contributed by atoms with E-state index in [9.17, 15) is 0 Å². The minimum atomic E-state index is 0.727. The third kappa shape index (κ3) is 4.72. The smallest absolute Gasteiger partial charge is 0.122 e. The molecule has 0 saturated heterocycles. The van der Waals surface area contributed by atoms with E-state index in [4.69, 9.17) is 9.47 Å². The highest BCUT2D eigenvalue weighted by atomic mass is 32.1. The summed E-state index contributed by atoms with van der Waals surface area (Å²) in [5.41, 5.74) is 2.50. The Hall–Kier alpha value is -1.74. The van der Waals surface area contributed by atoms with Gasteiger partial charge in [-0.2, -0.15) is 0 Å². The van der Waals surface area contributed by atoms with Crippen molar-refractivity contribution in [1.29, 1.82) is 0 Å². The topological polar surface area (TPSA) is 18.5 Å². The van der Waals surface area contributed by atoms with Crippen LogP contribution in [0.15, 0.2) is 24.3 Å². The number of fused-ring (bicyclic) bond motifs is 3. The summed E-state index contributed by atoms with van der Waals surface area (Å²) in [6.45, 7) is 6.10. The number of hydrogen-bond acceptors (Lipinski definition) is 3. The Morgan fingerprint density at radius 2 is 1.06 bits per heavy atom. The van der Waals surface area contributed by atoms with Crippen molar-refractivity contribution in [2.75, 3.05) is 13.2 Å². The molecule has 3 aromatic rings. The SMILES string of the molecule is Cc1cc2sc3cc(C)c(OCC4CCCCC4)cc3c2cc1OCC1CCCCC1. The molecule has 0 aliphatic heterocycles. The van der Waals surface area contributed by atoms with Crippen molar-refractivity contribution in [3.8, 4) is 11.5 Å². The van der Waals surface area contributed by atoms with E-state index in [0.29, 0.717) is 0 Å². The zero-order chi connectivity index (χ0) is 21.2. The van der Waals surface area contributed by atoms with Gasteiger partial charge in [0.2, 0.25) is 0 Å². The minimum absolute atomic E-state index is 0.727. The average Bonchev–Trinajstić information content (AvgIpc) is 3.13. The van der Waals surface area contributed by atoms with E-state index in [1.54, 1.807) is 0 Å². The first kappa shape index (κ1) is 21.1. The number of benzene rings is 2. The van der Waals surface area contributed by atoms with Gasteiger partial charge in [0.25, 0.3) is 0 Å². The standard InChI is InChI=1S/C28H36O2S/c1-19-13-27-23(15-25(19)29-17-21-9-5-3-6-10-21)24-16-26(20(2)14-28(24)31-27)30-18-22-11-7-4-8-12-22/h13-16,21-22H,3-12,17-18H2,1-2H3. The first-order chi connectivity index (χ1) is 15.2. The second-order valence-electron chi connectivity index (χ2n) is 9.96. The summed E-state index contributed by atoms with van der Waals surface area (Å²) in [4.78, 5) is 0. The molecule has 1 heterocycles. The van der Waals surface area contributed by atoms with E-state index in [2.05, 4.69) is 38.1 Å². The van der Waals surface area contributed by atoms with E-state index in [1.807, 2.05) is 11.3 Å². The molecule has 0 atom stereocenters. The molecule has 2 nitrogen and oxygen atoms in total. The maximum atomic E-state index is 6.36. The third-order valence-electron chi connectivity index (χ3n) is 7.46. The molecule has 0 bridgehead atoms. The Morgan fingerprint density at radius 1 is 0.645 bits per heavy atom. The van der Waals surface area contributed by atoms with Crippen molar-refractivity contribution in [3.63, 3.8) is 0 Å². The average molecular weight is 437 g/mol. The molecule has 2 aliphatic carbocycles. The molecular formula is C28H36O2S. The zero-order valence-electron chi connectivity index (χ0n) is 19.2. The van der Waals surface area contributed by atoms with Crippen LogP contribution in [0.2, 0.25) is 0 Å². The Kier molecular flexibility index (Phi) is 6.41. The fourth-order valence-electron chi connectivity index (χ4n) is 5.47. The first-order valence-corrected chi connectivity index (χ1v) is 13.2. The summed E-state index contributed by atoms with van der Waals surface area (Å²) in [6, 6.07) is 9.20. The van der Waals surface area contributed by atoms with Gasteiger partial charge < -0.3 is 9.47 Å². The molecule has 0 amide bonds. The van der Waals surface area contributed by atoms with Crippen molar-refractivity contribution in [3.05, 3.63) is 35.4 Å². The van der Waals surface area contributed by atoms with Crippen molar-refractivity contribution in [2.24, 2.45) is 11.8 Å². The molecule has 2 saturated carbocycles. The molecular weight excluding hydrogens is 400 g/mol. The highest BCUT2D eigenvalue weighted by Gasteiger charge is 2.17. The molecule has 0 spiro atoms. The van der Waals surface area contributed by atoms with E-state index >= 15 is 0 Å². The van der Waals surface area contributed by atoms with Crippen LogP contribution < -0.4 is 9.47 Å². The molecule has 2 aliphatic rings. The maximum absolute atomic E-state index is 6.36. The monoisotopic (exact) mass is 436 g/mol. The van der Waals surface area contributed by atoms with E-state index in [0.717, 1.165) is 36.5 Å². The Balaban J connectivity index is 1.39. The summed E-state index contributed by atoms with van der Waals surface area (Å²) in [6.07, 6.45) is 13.5. The van der Waals surface area contributed by atoms with Gasteiger partial charge in [-0.3, -0.25) is 0 Å². The highest BCUT2D eigenvalue weighted by molar-refractivity contribution is 7.25. The Bertz CT molecular complexity index is 956. The first-order valence-electron chi connectivity index (χ1n) is 12.4. The van der Waals surface area contributed by atoms with Crippen LogP contribution in [0.3, 0.4) is 0 Å². The van der Waals surface area contributed by atoms with Gasteiger partial charge in [-0.25, -0.2) is 0 Å². The van der Waals surface area contributed by atoms with Gasteiger partial charge in [0.1, 0.15) is 11.5 Å². The zero-order valence-corrected chi connectivity index (χ0v) is 20.0. The van der Waals surface area contributed by atoms with E-state index in [-0.39, 0.29) is 0 Å². The van der Waals surface area contributed by atoms with E-state index in [1.165, 1.54) is 95.5 Å². The van der Waals surface area contributed by atoms with E-state index < -0.39 is 0 Å². The number of ether oxygens (including phenoxy) is 2. The fourth-order valence-corrected chi connectivity index (χ4v) is 6.73. The molecule has 31 heavy (non-hydrogen) atoms. The summed E-state index contributed by atoms with van der Waals surface area (Å²) in [5.74, 6) is 3.57. The van der Waals surface area contributed by atoms with Gasteiger partial charge in [0.05, 0.1) is 13.2 Å². The second-order valence-corrected chi connectivity index (χ2v) is 11.0. The second kappa shape index (κ2) is 9.40. The Labute approximate surface area is 190 Å². The van der Waals surface area contributed by atoms with Crippen molar-refractivity contribution < 1.29 is 9.47 Å². The summed E-state index contributed by atoms with van der Waals surface area (Å²) >= 11 is 1.89. The molecule has 2 aromatic carbocycles. The van der Waals surface area contributed by atoms with Crippen molar-refractivity contribution in [1.82, 2.24) is 0 Å². The quantitative estimate of drug-likeness (QED) is 0.385. The largest absolute Gasteiger partial charge is 0.493 e. The van der Waals surface area contributed by atoms with Crippen LogP contribution in [-0.2, 0) is 0 Å². The van der Waals surface area contributed by atoms with Gasteiger partial charge >= 0.3 is 0 Å². The lowest BCUT2D eigenvalue weighted by molar-refractivity contribution is 0.208. The number of hydrogen-bond donors (Lipinski definition) is 0. The van der Waals surface area contributed by atoms with Crippen LogP contribution >= 0.6 is 11.3 Å². The molecule has 5 rings (SSSR count). The highest BCUT2D eigenvalue weighted by Crippen LogP contribution is 2.41. The fraction of sp³-hybridized carbons (Fsp3) is 0.571. The number of thiophene rings is 1. The van der Waals surface area contributed by atoms with Gasteiger partial charge in [-0.15, -0.1) is 11.3 Å². The molecule has 166 valence electrons. The molecule has 0 unspecified atom stereocenters. The summed E-state index contributed by atoms with van der Waals surface area (Å²) in [5, 5.41) is 2.62. The summed E-state index contributed by atoms with van der Waals surface area (Å²) < 4.78 is 15.4. The molecule has 1 aromatic heterocycles. The molecule has 0 radical (unpaired) electrons. The van der Waals surface area contributed by atoms with Crippen molar-refractivity contribution >= 4 is 31.5 Å². The molecule has 2 fully saturated rings. The van der Waals surface area contributed by atoms with Crippen LogP contribution in [0.5, 0.6) is 11.5 Å². The van der Waals surface area contributed by atoms with Gasteiger partial charge in [-0.1, -0.05) is 38.5 Å². The van der Waals surface area contributed by atoms with Gasteiger partial charge in [0, 0.05) is 20.2 Å². The Morgan fingerprint density at radius 3 is 1.48 bits per heavy atom. The van der Waals surface area contributed by atoms with Crippen LogP contribution in [0.1, 0.15) is 75.3 Å². The van der Waals surface area contributed by atoms with Crippen LogP contribution in [0.25, 0.3) is 20.2 Å². The normalized spacial score (nSPS) is 18.6. The molecule has 3 heteroatoms. The van der Waals surface area contributed by atoms with Crippen LogP contribution in [-0.4, -0.2) is 13.2 Å². The lowest BCUT2D eigenvalue weighted by Gasteiger charge is -2.22. The molecule has 0 N–H and O–H groups in total. The van der Waals surface area contributed by atoms with Gasteiger partial charge in [-0.05, 0) is 86.8 Å². The van der Waals surface area contributed by atoms with Gasteiger partial charge in [0.15, 0.2) is 0 Å². The van der Waals surface area contributed by atoms with Crippen molar-refractivity contribution in [2.45, 2.75) is 78.1 Å².